The fraction of sp³-hybridized carbons (Fsp3) is 0.625. The molecule has 1 aromatic rings. The Kier molecular flexibility index (Phi) is 4.06. The highest BCUT2D eigenvalue weighted by Crippen LogP contribution is 2.43. The van der Waals surface area contributed by atoms with Crippen LogP contribution in [0.1, 0.15) is 44.2 Å². The lowest BCUT2D eigenvalue weighted by Crippen LogP contribution is -2.43. The second kappa shape index (κ2) is 5.40. The van der Waals surface area contributed by atoms with Crippen LogP contribution >= 0.6 is 0 Å². The number of nitrogens with one attached hydrogen (secondary N) is 1. The van der Waals surface area contributed by atoms with Gasteiger partial charge in [-0.15, -0.1) is 0 Å². The summed E-state index contributed by atoms with van der Waals surface area (Å²) in [6, 6.07) is 5.74. The van der Waals surface area contributed by atoms with E-state index in [4.69, 9.17) is 0 Å². The molecule has 0 spiro atoms. The number of hydrogen-bond donors (Lipinski definition) is 1. The van der Waals surface area contributed by atoms with Gasteiger partial charge in [-0.05, 0) is 54.9 Å². The Labute approximate surface area is 110 Å². The molecule has 1 aliphatic carbocycles. The molecule has 0 aliphatic heterocycles. The fourth-order valence-corrected chi connectivity index (χ4v) is 2.78. The molecule has 1 fully saturated rings. The van der Waals surface area contributed by atoms with E-state index in [1.54, 1.807) is 12.1 Å². The first-order chi connectivity index (χ1) is 8.51. The lowest BCUT2D eigenvalue weighted by Gasteiger charge is -2.43. The molecule has 0 aromatic heterocycles. The summed E-state index contributed by atoms with van der Waals surface area (Å²) in [6.45, 7) is 7.48. The monoisotopic (exact) mass is 249 g/mol. The zero-order chi connectivity index (χ0) is 13.2. The summed E-state index contributed by atoms with van der Waals surface area (Å²) in [7, 11) is 0. The van der Waals surface area contributed by atoms with Crippen LogP contribution in [0.4, 0.5) is 4.39 Å². The summed E-state index contributed by atoms with van der Waals surface area (Å²) in [5, 5.41) is 3.57. The Morgan fingerprint density at radius 1 is 1.33 bits per heavy atom. The average Bonchev–Trinajstić information content (AvgIpc) is 2.24. The first-order valence-corrected chi connectivity index (χ1v) is 6.99. The van der Waals surface area contributed by atoms with Gasteiger partial charge in [-0.25, -0.2) is 4.39 Å². The van der Waals surface area contributed by atoms with E-state index in [2.05, 4.69) is 19.2 Å². The van der Waals surface area contributed by atoms with E-state index < -0.39 is 0 Å². The van der Waals surface area contributed by atoms with E-state index in [0.717, 1.165) is 18.5 Å². The second-order valence-electron chi connectivity index (χ2n) is 6.14. The summed E-state index contributed by atoms with van der Waals surface area (Å²) in [6.07, 6.45) is 5.01. The van der Waals surface area contributed by atoms with E-state index in [9.17, 15) is 4.39 Å². The minimum atomic E-state index is -0.126. The first kappa shape index (κ1) is 13.5. The molecule has 0 atom stereocenters. The highest BCUT2D eigenvalue weighted by atomic mass is 19.1. The number of hydrogen-bond acceptors (Lipinski definition) is 1. The van der Waals surface area contributed by atoms with E-state index in [-0.39, 0.29) is 5.82 Å². The maximum absolute atomic E-state index is 13.1. The van der Waals surface area contributed by atoms with Crippen molar-refractivity contribution in [3.8, 4) is 0 Å². The molecular formula is C16H24FN. The quantitative estimate of drug-likeness (QED) is 0.836. The molecule has 1 nitrogen and oxygen atoms in total. The van der Waals surface area contributed by atoms with Crippen molar-refractivity contribution in [3.05, 3.63) is 35.1 Å². The van der Waals surface area contributed by atoms with Crippen molar-refractivity contribution in [2.45, 2.75) is 52.5 Å². The molecule has 100 valence electrons. The lowest BCUT2D eigenvalue weighted by molar-refractivity contribution is 0.126. The van der Waals surface area contributed by atoms with Crippen LogP contribution in [-0.4, -0.2) is 12.6 Å². The Morgan fingerprint density at radius 2 is 2.06 bits per heavy atom. The van der Waals surface area contributed by atoms with E-state index in [0.29, 0.717) is 11.5 Å². The first-order valence-electron chi connectivity index (χ1n) is 6.99. The third kappa shape index (κ3) is 3.11. The SMILES string of the molecule is Cc1cc(F)ccc1CC1(CNC(C)C)CCC1. The fourth-order valence-electron chi connectivity index (χ4n) is 2.78. The summed E-state index contributed by atoms with van der Waals surface area (Å²) in [5.41, 5.74) is 2.81. The van der Waals surface area contributed by atoms with Crippen LogP contribution in [0.3, 0.4) is 0 Å². The molecule has 1 aliphatic rings. The van der Waals surface area contributed by atoms with Crippen LogP contribution in [0.15, 0.2) is 18.2 Å². The number of halogens is 1. The lowest BCUT2D eigenvalue weighted by atomic mass is 9.65. The standard InChI is InChI=1S/C16H24FN/c1-12(2)18-11-16(7-4-8-16)10-14-5-6-15(17)9-13(14)3/h5-6,9,12,18H,4,7-8,10-11H2,1-3H3. The van der Waals surface area contributed by atoms with E-state index in [1.807, 2.05) is 13.0 Å². The normalized spacial score (nSPS) is 17.8. The summed E-state index contributed by atoms with van der Waals surface area (Å²) in [5.74, 6) is -0.126. The highest BCUT2D eigenvalue weighted by Gasteiger charge is 2.36. The Bertz CT molecular complexity index is 408. The molecule has 0 unspecified atom stereocenters. The minimum absolute atomic E-state index is 0.126. The third-order valence-electron chi connectivity index (χ3n) is 4.17. The number of rotatable bonds is 5. The van der Waals surface area contributed by atoms with Crippen molar-refractivity contribution in [1.82, 2.24) is 5.32 Å². The number of benzene rings is 1. The van der Waals surface area contributed by atoms with Gasteiger partial charge in [-0.3, -0.25) is 0 Å². The molecule has 2 heteroatoms. The zero-order valence-corrected chi connectivity index (χ0v) is 11.7. The van der Waals surface area contributed by atoms with Crippen LogP contribution in [0.5, 0.6) is 0 Å². The van der Waals surface area contributed by atoms with E-state index >= 15 is 0 Å². The third-order valence-corrected chi connectivity index (χ3v) is 4.17. The van der Waals surface area contributed by atoms with Crippen molar-refractivity contribution in [2.24, 2.45) is 5.41 Å². The summed E-state index contributed by atoms with van der Waals surface area (Å²) in [4.78, 5) is 0. The molecule has 2 rings (SSSR count). The predicted octanol–water partition coefficient (Wildman–Crippen LogP) is 3.84. The molecular weight excluding hydrogens is 225 g/mol. The van der Waals surface area contributed by atoms with Crippen LogP contribution in [0.25, 0.3) is 0 Å². The smallest absolute Gasteiger partial charge is 0.123 e. The van der Waals surface area contributed by atoms with Crippen molar-refractivity contribution in [2.75, 3.05) is 6.54 Å². The van der Waals surface area contributed by atoms with Crippen molar-refractivity contribution in [1.29, 1.82) is 0 Å². The van der Waals surface area contributed by atoms with Gasteiger partial charge in [-0.1, -0.05) is 26.3 Å². The maximum atomic E-state index is 13.1. The number of aryl methyl sites for hydroxylation is 1. The minimum Gasteiger partial charge on any atom is -0.314 e. The Morgan fingerprint density at radius 3 is 2.56 bits per heavy atom. The highest BCUT2D eigenvalue weighted by molar-refractivity contribution is 5.28. The molecule has 0 saturated heterocycles. The molecule has 0 amide bonds. The molecule has 0 radical (unpaired) electrons. The molecule has 1 aromatic carbocycles. The van der Waals surface area contributed by atoms with Gasteiger partial charge in [0.25, 0.3) is 0 Å². The predicted molar refractivity (Wildman–Crippen MR) is 74.3 cm³/mol. The topological polar surface area (TPSA) is 12.0 Å². The van der Waals surface area contributed by atoms with Crippen molar-refractivity contribution >= 4 is 0 Å². The summed E-state index contributed by atoms with van der Waals surface area (Å²) >= 11 is 0. The largest absolute Gasteiger partial charge is 0.314 e. The Balaban J connectivity index is 2.05. The van der Waals surface area contributed by atoms with Gasteiger partial charge >= 0.3 is 0 Å². The van der Waals surface area contributed by atoms with Crippen LogP contribution in [-0.2, 0) is 6.42 Å². The van der Waals surface area contributed by atoms with Gasteiger partial charge in [-0.2, -0.15) is 0 Å². The average molecular weight is 249 g/mol. The molecule has 1 N–H and O–H groups in total. The van der Waals surface area contributed by atoms with Gasteiger partial charge in [0.2, 0.25) is 0 Å². The Hall–Kier alpha value is -0.890. The molecule has 1 saturated carbocycles. The molecule has 0 bridgehead atoms. The van der Waals surface area contributed by atoms with Crippen molar-refractivity contribution < 1.29 is 4.39 Å². The van der Waals surface area contributed by atoms with Crippen LogP contribution < -0.4 is 5.32 Å². The van der Waals surface area contributed by atoms with Gasteiger partial charge in [0.05, 0.1) is 0 Å². The maximum Gasteiger partial charge on any atom is 0.123 e. The second-order valence-corrected chi connectivity index (χ2v) is 6.14. The van der Waals surface area contributed by atoms with Crippen LogP contribution in [0, 0.1) is 18.2 Å². The zero-order valence-electron chi connectivity index (χ0n) is 11.7. The molecule has 18 heavy (non-hydrogen) atoms. The van der Waals surface area contributed by atoms with Crippen LogP contribution in [0.2, 0.25) is 0 Å². The summed E-state index contributed by atoms with van der Waals surface area (Å²) < 4.78 is 13.1. The van der Waals surface area contributed by atoms with Gasteiger partial charge in [0.15, 0.2) is 0 Å². The molecule has 0 heterocycles. The van der Waals surface area contributed by atoms with Crippen molar-refractivity contribution in [3.63, 3.8) is 0 Å². The van der Waals surface area contributed by atoms with Gasteiger partial charge in [0.1, 0.15) is 5.82 Å². The van der Waals surface area contributed by atoms with E-state index in [1.165, 1.54) is 24.8 Å². The van der Waals surface area contributed by atoms with Gasteiger partial charge in [0, 0.05) is 12.6 Å². The van der Waals surface area contributed by atoms with Gasteiger partial charge < -0.3 is 5.32 Å².